The van der Waals surface area contributed by atoms with Gasteiger partial charge in [-0.25, -0.2) is 4.79 Å². The van der Waals surface area contributed by atoms with E-state index in [1.165, 1.54) is 6.07 Å². The van der Waals surface area contributed by atoms with E-state index >= 15 is 0 Å². The van der Waals surface area contributed by atoms with Crippen LogP contribution in [0, 0.1) is 0 Å². The van der Waals surface area contributed by atoms with Crippen molar-refractivity contribution in [2.24, 2.45) is 0 Å². The molecule has 1 saturated heterocycles. The fourth-order valence-corrected chi connectivity index (χ4v) is 2.66. The van der Waals surface area contributed by atoms with Crippen LogP contribution in [0.15, 0.2) is 36.4 Å². The average molecular weight is 329 g/mol. The van der Waals surface area contributed by atoms with Gasteiger partial charge in [-0.05, 0) is 41.5 Å². The molecule has 126 valence electrons. The van der Waals surface area contributed by atoms with E-state index in [1.807, 2.05) is 0 Å². The zero-order chi connectivity index (χ0) is 16.9. The Hall–Kier alpha value is -2.44. The monoisotopic (exact) mass is 329 g/mol. The number of hydrogen-bond acceptors (Lipinski definition) is 4. The number of rotatable bonds is 6. The molecule has 6 heteroatoms. The summed E-state index contributed by atoms with van der Waals surface area (Å²) in [6.07, 6.45) is 1.03. The molecular formula is C18H19NO5. The van der Waals surface area contributed by atoms with Crippen molar-refractivity contribution in [2.45, 2.75) is 12.5 Å². The van der Waals surface area contributed by atoms with E-state index in [0.717, 1.165) is 23.8 Å². The van der Waals surface area contributed by atoms with Crippen LogP contribution in [0.25, 0.3) is 10.8 Å². The van der Waals surface area contributed by atoms with Crippen LogP contribution in [0.5, 0.6) is 0 Å². The van der Waals surface area contributed by atoms with E-state index in [-0.39, 0.29) is 17.6 Å². The number of hydrogen-bond donors (Lipinski definition) is 2. The Labute approximate surface area is 139 Å². The summed E-state index contributed by atoms with van der Waals surface area (Å²) in [5.41, 5.74) is 0.766. The molecule has 0 spiro atoms. The first kappa shape index (κ1) is 16.4. The van der Waals surface area contributed by atoms with Crippen LogP contribution in [-0.4, -0.2) is 49.5 Å². The fourth-order valence-electron chi connectivity index (χ4n) is 2.66. The topological polar surface area (TPSA) is 84.9 Å². The van der Waals surface area contributed by atoms with Gasteiger partial charge in [-0.3, -0.25) is 4.79 Å². The molecule has 0 aliphatic carbocycles. The maximum atomic E-state index is 12.2. The molecule has 1 fully saturated rings. The maximum absolute atomic E-state index is 12.2. The first-order valence-corrected chi connectivity index (χ1v) is 7.88. The Morgan fingerprint density at radius 3 is 2.54 bits per heavy atom. The molecule has 24 heavy (non-hydrogen) atoms. The van der Waals surface area contributed by atoms with Crippen molar-refractivity contribution in [1.82, 2.24) is 5.32 Å². The summed E-state index contributed by atoms with van der Waals surface area (Å²) in [6.45, 7) is 2.25. The number of ether oxygens (including phenoxy) is 2. The quantitative estimate of drug-likeness (QED) is 0.793. The van der Waals surface area contributed by atoms with E-state index in [9.17, 15) is 9.59 Å². The van der Waals surface area contributed by atoms with Crippen molar-refractivity contribution in [1.29, 1.82) is 0 Å². The Kier molecular flexibility index (Phi) is 5.08. The van der Waals surface area contributed by atoms with E-state index in [1.54, 1.807) is 30.3 Å². The smallest absolute Gasteiger partial charge is 0.335 e. The van der Waals surface area contributed by atoms with Crippen LogP contribution in [-0.2, 0) is 9.47 Å². The Bertz CT molecular complexity index is 752. The third kappa shape index (κ3) is 3.90. The first-order chi connectivity index (χ1) is 11.6. The predicted octanol–water partition coefficient (Wildman–Crippen LogP) is 2.07. The lowest BCUT2D eigenvalue weighted by atomic mass is 10.0. The lowest BCUT2D eigenvalue weighted by Crippen LogP contribution is -2.28. The highest BCUT2D eigenvalue weighted by atomic mass is 16.5. The lowest BCUT2D eigenvalue weighted by Gasteiger charge is -2.10. The van der Waals surface area contributed by atoms with Gasteiger partial charge in [0.05, 0.1) is 24.9 Å². The number of aromatic carboxylic acids is 1. The van der Waals surface area contributed by atoms with Crippen molar-refractivity contribution in [3.63, 3.8) is 0 Å². The summed E-state index contributed by atoms with van der Waals surface area (Å²) in [6, 6.07) is 10.0. The van der Waals surface area contributed by atoms with Crippen LogP contribution in [0.2, 0.25) is 0 Å². The van der Waals surface area contributed by atoms with Crippen LogP contribution in [0.3, 0.4) is 0 Å². The molecule has 2 N–H and O–H groups in total. The largest absolute Gasteiger partial charge is 0.478 e. The number of carbonyl (C=O) groups is 2. The number of fused-ring (bicyclic) bond motifs is 1. The highest BCUT2D eigenvalue weighted by Crippen LogP contribution is 2.18. The fraction of sp³-hybridized carbons (Fsp3) is 0.333. The number of carbonyl (C=O) groups excluding carboxylic acids is 1. The minimum atomic E-state index is -0.966. The third-order valence-corrected chi connectivity index (χ3v) is 3.98. The molecule has 3 rings (SSSR count). The molecule has 1 aliphatic heterocycles. The molecule has 6 nitrogen and oxygen atoms in total. The van der Waals surface area contributed by atoms with Gasteiger partial charge in [0, 0.05) is 18.7 Å². The first-order valence-electron chi connectivity index (χ1n) is 7.88. The normalized spacial score (nSPS) is 17.1. The standard InChI is InChI=1S/C18H19NO5/c20-17(19-6-8-24-16-5-7-23-11-16)14-3-1-13-10-15(18(21)22)4-2-12(13)9-14/h1-4,9-10,16H,5-8,11H2,(H,19,20)(H,21,22). The van der Waals surface area contributed by atoms with Crippen LogP contribution in [0.1, 0.15) is 27.1 Å². The summed E-state index contributed by atoms with van der Waals surface area (Å²) in [7, 11) is 0. The molecule has 0 saturated carbocycles. The molecule has 2 aromatic carbocycles. The van der Waals surface area contributed by atoms with Gasteiger partial charge in [0.15, 0.2) is 0 Å². The summed E-state index contributed by atoms with van der Waals surface area (Å²) in [4.78, 5) is 23.2. The molecule has 1 unspecified atom stereocenters. The SMILES string of the molecule is O=C(O)c1ccc2cc(C(=O)NCCOC3CCOC3)ccc2c1. The van der Waals surface area contributed by atoms with Crippen molar-refractivity contribution in [3.8, 4) is 0 Å². The van der Waals surface area contributed by atoms with Crippen LogP contribution in [0.4, 0.5) is 0 Å². The third-order valence-electron chi connectivity index (χ3n) is 3.98. The predicted molar refractivity (Wildman–Crippen MR) is 88.4 cm³/mol. The second-order valence-corrected chi connectivity index (χ2v) is 5.69. The van der Waals surface area contributed by atoms with Gasteiger partial charge in [0.25, 0.3) is 5.91 Å². The molecule has 1 aliphatic rings. The van der Waals surface area contributed by atoms with Gasteiger partial charge in [-0.1, -0.05) is 12.1 Å². The minimum absolute atomic E-state index is 0.131. The Morgan fingerprint density at radius 2 is 1.88 bits per heavy atom. The molecule has 0 aromatic heterocycles. The van der Waals surface area contributed by atoms with Crippen molar-refractivity contribution < 1.29 is 24.2 Å². The van der Waals surface area contributed by atoms with E-state index in [0.29, 0.717) is 25.3 Å². The van der Waals surface area contributed by atoms with Gasteiger partial charge in [0.1, 0.15) is 0 Å². The Morgan fingerprint density at radius 1 is 1.17 bits per heavy atom. The molecule has 0 radical (unpaired) electrons. The molecule has 1 heterocycles. The van der Waals surface area contributed by atoms with Gasteiger partial charge in [-0.2, -0.15) is 0 Å². The number of benzene rings is 2. The van der Waals surface area contributed by atoms with Crippen molar-refractivity contribution >= 4 is 22.6 Å². The van der Waals surface area contributed by atoms with E-state index < -0.39 is 5.97 Å². The van der Waals surface area contributed by atoms with E-state index in [2.05, 4.69) is 5.32 Å². The van der Waals surface area contributed by atoms with Crippen LogP contribution < -0.4 is 5.32 Å². The number of carboxylic acids is 1. The zero-order valence-corrected chi connectivity index (χ0v) is 13.2. The number of nitrogens with one attached hydrogen (secondary N) is 1. The molecule has 1 amide bonds. The summed E-state index contributed by atoms with van der Waals surface area (Å²) < 4.78 is 10.8. The minimum Gasteiger partial charge on any atom is -0.478 e. The van der Waals surface area contributed by atoms with Gasteiger partial charge >= 0.3 is 5.97 Å². The Balaban J connectivity index is 1.58. The number of carboxylic acid groups (broad SMARTS) is 1. The highest BCUT2D eigenvalue weighted by molar-refractivity contribution is 6.00. The molecule has 0 bridgehead atoms. The zero-order valence-electron chi connectivity index (χ0n) is 13.2. The molecular weight excluding hydrogens is 310 g/mol. The number of amides is 1. The van der Waals surface area contributed by atoms with Gasteiger partial charge < -0.3 is 19.9 Å². The van der Waals surface area contributed by atoms with Crippen LogP contribution >= 0.6 is 0 Å². The van der Waals surface area contributed by atoms with Crippen molar-refractivity contribution in [2.75, 3.05) is 26.4 Å². The van der Waals surface area contributed by atoms with Crippen molar-refractivity contribution in [3.05, 3.63) is 47.5 Å². The lowest BCUT2D eigenvalue weighted by molar-refractivity contribution is 0.0437. The second kappa shape index (κ2) is 7.42. The van der Waals surface area contributed by atoms with Gasteiger partial charge in [0.2, 0.25) is 0 Å². The summed E-state index contributed by atoms with van der Waals surface area (Å²) >= 11 is 0. The summed E-state index contributed by atoms with van der Waals surface area (Å²) in [5, 5.41) is 13.4. The van der Waals surface area contributed by atoms with E-state index in [4.69, 9.17) is 14.6 Å². The molecule has 1 atom stereocenters. The maximum Gasteiger partial charge on any atom is 0.335 e. The highest BCUT2D eigenvalue weighted by Gasteiger charge is 2.15. The van der Waals surface area contributed by atoms with Gasteiger partial charge in [-0.15, -0.1) is 0 Å². The summed E-state index contributed by atoms with van der Waals surface area (Å²) in [5.74, 6) is -1.14. The second-order valence-electron chi connectivity index (χ2n) is 5.69. The molecule has 2 aromatic rings. The average Bonchev–Trinajstić information content (AvgIpc) is 3.11.